The van der Waals surface area contributed by atoms with Gasteiger partial charge in [-0.2, -0.15) is 0 Å². The van der Waals surface area contributed by atoms with Crippen molar-refractivity contribution in [2.24, 2.45) is 16.7 Å². The van der Waals surface area contributed by atoms with E-state index in [1.807, 2.05) is 0 Å². The summed E-state index contributed by atoms with van der Waals surface area (Å²) >= 11 is 0. The van der Waals surface area contributed by atoms with Crippen LogP contribution in [-0.4, -0.2) is 65.5 Å². The average molecular weight is 551 g/mol. The van der Waals surface area contributed by atoms with Gasteiger partial charge in [-0.1, -0.05) is 85.6 Å². The van der Waals surface area contributed by atoms with E-state index in [0.717, 1.165) is 19.3 Å². The predicted octanol–water partition coefficient (Wildman–Crippen LogP) is 6.85. The number of hydrogen-bond donors (Lipinski definition) is 1. The maximum Gasteiger partial charge on any atom is 0.192 e. The monoisotopic (exact) mass is 550 g/mol. The molecule has 2 saturated heterocycles. The molecule has 3 aliphatic heterocycles. The van der Waals surface area contributed by atoms with Crippen molar-refractivity contribution in [3.05, 3.63) is 24.3 Å². The van der Waals surface area contributed by atoms with E-state index in [1.165, 1.54) is 0 Å². The second kappa shape index (κ2) is 9.11. The van der Waals surface area contributed by atoms with Crippen LogP contribution >= 0.6 is 0 Å². The zero-order valence-electron chi connectivity index (χ0n) is 25.5. The maximum atomic E-state index is 13.0. The van der Waals surface area contributed by atoms with Crippen molar-refractivity contribution in [2.45, 2.75) is 121 Å². The Hall–Kier alpha value is -0.286. The summed E-state index contributed by atoms with van der Waals surface area (Å²) in [6.45, 7) is 26.9. The number of unbranched alkanes of at least 4 members (excludes halogenated alkanes) is 1. The predicted molar refractivity (Wildman–Crippen MR) is 156 cm³/mol. The SMILES string of the molecule is CCCC[C@H]1C=C[C@@]2(CO[Si](C)(C)C(C)(C)C)[C@@H]3C=C[C@@]4(COC[C@@]1(O)[C@]42CO[Si](C)(C)C(C)(C)C)O3. The fraction of sp³-hybridized carbons (Fsp3) is 0.867. The maximum absolute atomic E-state index is 13.0. The summed E-state index contributed by atoms with van der Waals surface area (Å²) in [7, 11) is -4.19. The van der Waals surface area contributed by atoms with E-state index in [9.17, 15) is 5.11 Å². The fourth-order valence-corrected chi connectivity index (χ4v) is 8.73. The highest BCUT2D eigenvalue weighted by molar-refractivity contribution is 6.74. The minimum atomic E-state index is -2.12. The molecule has 4 rings (SSSR count). The van der Waals surface area contributed by atoms with Gasteiger partial charge in [0.25, 0.3) is 0 Å². The molecule has 7 heteroatoms. The second-order valence-corrected chi connectivity index (χ2v) is 25.0. The van der Waals surface area contributed by atoms with Gasteiger partial charge in [-0.3, -0.25) is 0 Å². The van der Waals surface area contributed by atoms with Gasteiger partial charge < -0.3 is 23.4 Å². The number of rotatable bonds is 9. The van der Waals surface area contributed by atoms with Crippen molar-refractivity contribution >= 4 is 16.6 Å². The van der Waals surface area contributed by atoms with E-state index < -0.39 is 38.7 Å². The van der Waals surface area contributed by atoms with Gasteiger partial charge in [-0.15, -0.1) is 0 Å². The molecule has 37 heavy (non-hydrogen) atoms. The van der Waals surface area contributed by atoms with Crippen LogP contribution < -0.4 is 0 Å². The molecule has 0 radical (unpaired) electrons. The molecule has 6 atom stereocenters. The molecule has 0 unspecified atom stereocenters. The Labute approximate surface area is 228 Å². The van der Waals surface area contributed by atoms with Gasteiger partial charge >= 0.3 is 0 Å². The summed E-state index contributed by atoms with van der Waals surface area (Å²) in [6.07, 6.45) is 12.0. The molecule has 0 aromatic heterocycles. The number of hydrogen-bond acceptors (Lipinski definition) is 5. The molecule has 1 N–H and O–H groups in total. The third kappa shape index (κ3) is 4.08. The molecule has 0 amide bonds. The van der Waals surface area contributed by atoms with Crippen molar-refractivity contribution in [3.63, 3.8) is 0 Å². The molecule has 1 aliphatic carbocycles. The highest BCUT2D eigenvalue weighted by Gasteiger charge is 2.83. The number of ether oxygens (including phenoxy) is 2. The van der Waals surface area contributed by atoms with Crippen LogP contribution in [0.25, 0.3) is 0 Å². The van der Waals surface area contributed by atoms with Crippen molar-refractivity contribution in [3.8, 4) is 0 Å². The highest BCUT2D eigenvalue weighted by Crippen LogP contribution is 2.73. The first-order valence-electron chi connectivity index (χ1n) is 14.5. The molecule has 1 spiro atoms. The molecule has 0 aromatic carbocycles. The lowest BCUT2D eigenvalue weighted by Gasteiger charge is -2.66. The lowest BCUT2D eigenvalue weighted by Crippen LogP contribution is -2.78. The zero-order chi connectivity index (χ0) is 27.8. The second-order valence-electron chi connectivity index (χ2n) is 15.4. The Balaban J connectivity index is 1.88. The van der Waals surface area contributed by atoms with Crippen molar-refractivity contribution < 1.29 is 23.4 Å². The summed E-state index contributed by atoms with van der Waals surface area (Å²) in [5.74, 6) is -0.00927. The summed E-state index contributed by atoms with van der Waals surface area (Å²) in [5, 5.41) is 13.1. The molecule has 212 valence electrons. The number of aliphatic hydroxyl groups is 1. The van der Waals surface area contributed by atoms with Crippen molar-refractivity contribution in [2.75, 3.05) is 26.4 Å². The molecular formula is C30H54O5Si2. The van der Waals surface area contributed by atoms with E-state index in [1.54, 1.807) is 0 Å². The van der Waals surface area contributed by atoms with E-state index in [0.29, 0.717) is 26.4 Å². The fourth-order valence-electron chi connectivity index (χ4n) is 6.68. The van der Waals surface area contributed by atoms with Crippen molar-refractivity contribution in [1.29, 1.82) is 0 Å². The normalized spacial score (nSPS) is 39.4. The molecule has 2 fully saturated rings. The number of fused-ring (bicyclic) bond motifs is 2. The van der Waals surface area contributed by atoms with E-state index in [4.69, 9.17) is 18.3 Å². The Morgan fingerprint density at radius 2 is 1.49 bits per heavy atom. The summed E-state index contributed by atoms with van der Waals surface area (Å²) in [5.41, 5.74) is -3.02. The van der Waals surface area contributed by atoms with Crippen LogP contribution in [-0.2, 0) is 18.3 Å². The van der Waals surface area contributed by atoms with Gasteiger partial charge in [0.2, 0.25) is 0 Å². The largest absolute Gasteiger partial charge is 0.416 e. The van der Waals surface area contributed by atoms with E-state index >= 15 is 0 Å². The van der Waals surface area contributed by atoms with Crippen LogP contribution in [0.5, 0.6) is 0 Å². The van der Waals surface area contributed by atoms with Crippen LogP contribution in [0.4, 0.5) is 0 Å². The van der Waals surface area contributed by atoms with Crippen LogP contribution in [0.15, 0.2) is 24.3 Å². The van der Waals surface area contributed by atoms with Crippen LogP contribution in [0.1, 0.15) is 67.7 Å². The van der Waals surface area contributed by atoms with Crippen LogP contribution in [0, 0.1) is 16.7 Å². The first-order chi connectivity index (χ1) is 16.8. The molecular weight excluding hydrogens is 496 g/mol. The van der Waals surface area contributed by atoms with Crippen LogP contribution in [0.2, 0.25) is 36.3 Å². The molecule has 2 bridgehead atoms. The quantitative estimate of drug-likeness (QED) is 0.251. The lowest BCUT2D eigenvalue weighted by atomic mass is 9.42. The van der Waals surface area contributed by atoms with E-state index in [-0.39, 0.29) is 22.1 Å². The first-order valence-corrected chi connectivity index (χ1v) is 20.3. The summed E-state index contributed by atoms with van der Waals surface area (Å²) in [4.78, 5) is 0. The van der Waals surface area contributed by atoms with Gasteiger partial charge in [-0.05, 0) is 42.7 Å². The lowest BCUT2D eigenvalue weighted by molar-refractivity contribution is -0.283. The first kappa shape index (κ1) is 29.7. The smallest absolute Gasteiger partial charge is 0.192 e. The van der Waals surface area contributed by atoms with Gasteiger partial charge in [-0.25, -0.2) is 0 Å². The summed E-state index contributed by atoms with van der Waals surface area (Å²) < 4.78 is 27.3. The van der Waals surface area contributed by atoms with Gasteiger partial charge in [0.05, 0.1) is 30.1 Å². The topological polar surface area (TPSA) is 57.2 Å². The minimum Gasteiger partial charge on any atom is -0.416 e. The van der Waals surface area contributed by atoms with E-state index in [2.05, 4.69) is 99.0 Å². The average Bonchev–Trinajstić information content (AvgIpc) is 3.29. The Kier molecular flexibility index (Phi) is 7.31. The standard InChI is InChI=1S/C30H54O5Si2/c1-12-13-14-23-15-17-27(19-33-36(8,9)25(2,3)4)24-16-18-28(35-24)20-32-21-29(23,31)30(27,28)22-34-37(10,11)26(5,6)7/h15-18,23-24,31H,12-14,19-22H2,1-11H3/t23-,24-,27+,28-,29-,30-/m0/s1. The van der Waals surface area contributed by atoms with Crippen molar-refractivity contribution in [1.82, 2.24) is 0 Å². The highest BCUT2D eigenvalue weighted by atomic mass is 28.4. The molecule has 5 nitrogen and oxygen atoms in total. The molecule has 4 aliphatic rings. The third-order valence-corrected chi connectivity index (χ3v) is 20.3. The van der Waals surface area contributed by atoms with Gasteiger partial charge in [0, 0.05) is 19.1 Å². The Bertz CT molecular complexity index is 931. The minimum absolute atomic E-state index is 0.00927. The van der Waals surface area contributed by atoms with Gasteiger partial charge in [0.1, 0.15) is 11.2 Å². The van der Waals surface area contributed by atoms with Crippen LogP contribution in [0.3, 0.4) is 0 Å². The molecule has 0 saturated carbocycles. The summed E-state index contributed by atoms with van der Waals surface area (Å²) in [6, 6.07) is 0. The molecule has 3 heterocycles. The van der Waals surface area contributed by atoms with Gasteiger partial charge in [0.15, 0.2) is 16.6 Å². The zero-order valence-corrected chi connectivity index (χ0v) is 27.5. The third-order valence-electron chi connectivity index (χ3n) is 11.3. The Morgan fingerprint density at radius 3 is 2.05 bits per heavy atom. The molecule has 0 aromatic rings. The Morgan fingerprint density at radius 1 is 0.892 bits per heavy atom.